The van der Waals surface area contributed by atoms with E-state index in [1.54, 1.807) is 19.2 Å². The number of ether oxygens (including phenoxy) is 1. The highest BCUT2D eigenvalue weighted by molar-refractivity contribution is 5.98. The molecule has 0 bridgehead atoms. The van der Waals surface area contributed by atoms with E-state index in [1.807, 2.05) is 41.1 Å². The van der Waals surface area contributed by atoms with Crippen LogP contribution < -0.4 is 0 Å². The number of pyridine rings is 1. The second-order valence-corrected chi connectivity index (χ2v) is 4.50. The highest BCUT2D eigenvalue weighted by atomic mass is 16.5. The highest BCUT2D eigenvalue weighted by Gasteiger charge is 2.18. The van der Waals surface area contributed by atoms with Gasteiger partial charge in [-0.05, 0) is 25.1 Å². The van der Waals surface area contributed by atoms with Gasteiger partial charge in [0.1, 0.15) is 0 Å². The smallest absolute Gasteiger partial charge is 0.360 e. The lowest BCUT2D eigenvalue weighted by Gasteiger charge is -2.07. The van der Waals surface area contributed by atoms with Crippen LogP contribution in [0.4, 0.5) is 0 Å². The number of carbonyl (C=O) groups excluding carboxylic acids is 1. The fraction of sp³-hybridized carbons (Fsp3) is 0.125. The zero-order valence-electron chi connectivity index (χ0n) is 11.5. The molecule has 2 aromatic heterocycles. The first-order valence-electron chi connectivity index (χ1n) is 6.64. The molecule has 0 aliphatic rings. The van der Waals surface area contributed by atoms with Crippen molar-refractivity contribution < 1.29 is 14.6 Å². The summed E-state index contributed by atoms with van der Waals surface area (Å²) in [6, 6.07) is 11.5. The molecule has 1 N–H and O–H groups in total. The van der Waals surface area contributed by atoms with Gasteiger partial charge in [0, 0.05) is 17.3 Å². The maximum absolute atomic E-state index is 11.7. The summed E-state index contributed by atoms with van der Waals surface area (Å²) in [7, 11) is 0. The molecule has 3 rings (SSSR count). The predicted octanol–water partition coefficient (Wildman–Crippen LogP) is 2.91. The van der Waals surface area contributed by atoms with Crippen LogP contribution in [0.15, 0.2) is 48.8 Å². The van der Waals surface area contributed by atoms with Gasteiger partial charge in [-0.15, -0.1) is 0 Å². The molecule has 2 heterocycles. The maximum Gasteiger partial charge on any atom is 0.360 e. The summed E-state index contributed by atoms with van der Waals surface area (Å²) in [5.41, 5.74) is 1.62. The number of nitrogens with zero attached hydrogens (tertiary/aromatic N) is 2. The van der Waals surface area contributed by atoms with Gasteiger partial charge in [-0.3, -0.25) is 0 Å². The first kappa shape index (κ1) is 13.2. The average molecular weight is 282 g/mol. The summed E-state index contributed by atoms with van der Waals surface area (Å²) >= 11 is 0. The molecule has 0 radical (unpaired) electrons. The highest BCUT2D eigenvalue weighted by Crippen LogP contribution is 2.30. The van der Waals surface area contributed by atoms with Crippen LogP contribution >= 0.6 is 0 Å². The van der Waals surface area contributed by atoms with Crippen LogP contribution in [0.25, 0.3) is 16.6 Å². The Kier molecular flexibility index (Phi) is 3.31. The minimum atomic E-state index is -0.621. The summed E-state index contributed by atoms with van der Waals surface area (Å²) in [4.78, 5) is 15.8. The van der Waals surface area contributed by atoms with Crippen LogP contribution in [0.3, 0.4) is 0 Å². The summed E-state index contributed by atoms with van der Waals surface area (Å²) in [5.74, 6) is -0.773. The van der Waals surface area contributed by atoms with Crippen LogP contribution in [0.2, 0.25) is 0 Å². The van der Waals surface area contributed by atoms with Crippen molar-refractivity contribution in [1.29, 1.82) is 0 Å². The van der Waals surface area contributed by atoms with E-state index in [1.165, 1.54) is 0 Å². The Morgan fingerprint density at radius 1 is 1.29 bits per heavy atom. The average Bonchev–Trinajstić information content (AvgIpc) is 2.93. The van der Waals surface area contributed by atoms with Crippen molar-refractivity contribution in [3.63, 3.8) is 0 Å². The van der Waals surface area contributed by atoms with Gasteiger partial charge in [0.05, 0.1) is 18.3 Å². The van der Waals surface area contributed by atoms with Crippen molar-refractivity contribution in [3.05, 3.63) is 54.5 Å². The molecule has 5 nitrogen and oxygen atoms in total. The van der Waals surface area contributed by atoms with Crippen molar-refractivity contribution in [3.8, 4) is 11.4 Å². The minimum absolute atomic E-state index is 0.0600. The molecule has 3 aromatic rings. The van der Waals surface area contributed by atoms with Gasteiger partial charge in [-0.1, -0.05) is 18.2 Å². The Bertz CT molecular complexity index is 794. The Labute approximate surface area is 121 Å². The Hall–Kier alpha value is -2.82. The van der Waals surface area contributed by atoms with Gasteiger partial charge < -0.3 is 14.4 Å². The van der Waals surface area contributed by atoms with Crippen molar-refractivity contribution in [2.45, 2.75) is 6.92 Å². The number of aromatic hydroxyl groups is 1. The van der Waals surface area contributed by atoms with E-state index >= 15 is 0 Å². The molecule has 21 heavy (non-hydrogen) atoms. The van der Waals surface area contributed by atoms with Crippen molar-refractivity contribution in [1.82, 2.24) is 9.55 Å². The molecule has 0 fully saturated rings. The number of carbonyl (C=O) groups is 1. The van der Waals surface area contributed by atoms with Crippen LogP contribution in [0, 0.1) is 0 Å². The van der Waals surface area contributed by atoms with Gasteiger partial charge in [0.2, 0.25) is 0 Å². The number of benzene rings is 1. The van der Waals surface area contributed by atoms with Gasteiger partial charge in [0.25, 0.3) is 0 Å². The summed E-state index contributed by atoms with van der Waals surface area (Å²) in [5, 5.41) is 10.8. The molecule has 0 amide bonds. The molecule has 0 aliphatic heterocycles. The lowest BCUT2D eigenvalue weighted by atomic mass is 10.2. The van der Waals surface area contributed by atoms with Gasteiger partial charge in [0.15, 0.2) is 11.4 Å². The second kappa shape index (κ2) is 5.28. The molecule has 5 heteroatoms. The van der Waals surface area contributed by atoms with Gasteiger partial charge in [-0.25, -0.2) is 9.78 Å². The van der Waals surface area contributed by atoms with E-state index in [-0.39, 0.29) is 18.1 Å². The molecular weight excluding hydrogens is 268 g/mol. The van der Waals surface area contributed by atoms with E-state index in [2.05, 4.69) is 4.98 Å². The number of rotatable bonds is 3. The number of hydrogen-bond acceptors (Lipinski definition) is 4. The maximum atomic E-state index is 11.7. The third-order valence-electron chi connectivity index (χ3n) is 3.22. The zero-order chi connectivity index (χ0) is 14.8. The van der Waals surface area contributed by atoms with Crippen LogP contribution in [-0.4, -0.2) is 27.2 Å². The zero-order valence-corrected chi connectivity index (χ0v) is 11.5. The molecule has 0 spiro atoms. The lowest BCUT2D eigenvalue weighted by molar-refractivity contribution is 0.0516. The Balaban J connectivity index is 2.13. The van der Waals surface area contributed by atoms with Crippen molar-refractivity contribution in [2.75, 3.05) is 6.61 Å². The SMILES string of the molecule is CCOC(=O)c1ncc2c(ccn2-c2ccccc2)c1O. The standard InChI is InChI=1S/C16H14N2O3/c1-2-21-16(20)14-15(19)12-8-9-18(13(12)10-17-14)11-6-4-3-5-7-11/h3-10,19H,2H2,1H3. The quantitative estimate of drug-likeness (QED) is 0.750. The summed E-state index contributed by atoms with van der Waals surface area (Å²) in [6.45, 7) is 1.95. The topological polar surface area (TPSA) is 64.3 Å². The third kappa shape index (κ3) is 2.23. The molecule has 0 saturated carbocycles. The van der Waals surface area contributed by atoms with Crippen molar-refractivity contribution in [2.24, 2.45) is 0 Å². The Morgan fingerprint density at radius 3 is 2.76 bits per heavy atom. The van der Waals surface area contributed by atoms with Gasteiger partial charge in [-0.2, -0.15) is 0 Å². The summed E-state index contributed by atoms with van der Waals surface area (Å²) in [6.07, 6.45) is 3.39. The number of fused-ring (bicyclic) bond motifs is 1. The third-order valence-corrected chi connectivity index (χ3v) is 3.22. The number of aromatic nitrogens is 2. The van der Waals surface area contributed by atoms with E-state index < -0.39 is 5.97 Å². The normalized spacial score (nSPS) is 10.7. The second-order valence-electron chi connectivity index (χ2n) is 4.50. The number of esters is 1. The lowest BCUT2D eigenvalue weighted by Crippen LogP contribution is -2.07. The number of hydrogen-bond donors (Lipinski definition) is 1. The van der Waals surface area contributed by atoms with E-state index in [9.17, 15) is 9.90 Å². The Morgan fingerprint density at radius 2 is 2.05 bits per heavy atom. The number of para-hydroxylation sites is 1. The molecular formula is C16H14N2O3. The molecule has 0 saturated heterocycles. The molecule has 0 unspecified atom stereocenters. The van der Waals surface area contributed by atoms with E-state index in [0.717, 1.165) is 11.2 Å². The predicted molar refractivity (Wildman–Crippen MR) is 78.7 cm³/mol. The first-order valence-corrected chi connectivity index (χ1v) is 6.64. The van der Waals surface area contributed by atoms with Crippen LogP contribution in [0.1, 0.15) is 17.4 Å². The van der Waals surface area contributed by atoms with Crippen molar-refractivity contribution >= 4 is 16.9 Å². The molecule has 0 atom stereocenters. The first-order chi connectivity index (χ1) is 10.2. The minimum Gasteiger partial charge on any atom is -0.505 e. The van der Waals surface area contributed by atoms with E-state index in [4.69, 9.17) is 4.74 Å². The molecule has 106 valence electrons. The molecule has 1 aromatic carbocycles. The fourth-order valence-electron chi connectivity index (χ4n) is 2.25. The van der Waals surface area contributed by atoms with Crippen LogP contribution in [0.5, 0.6) is 5.75 Å². The van der Waals surface area contributed by atoms with E-state index in [0.29, 0.717) is 5.39 Å². The monoisotopic (exact) mass is 282 g/mol. The largest absolute Gasteiger partial charge is 0.505 e. The summed E-state index contributed by atoms with van der Waals surface area (Å²) < 4.78 is 6.78. The van der Waals surface area contributed by atoms with Gasteiger partial charge >= 0.3 is 5.97 Å². The fourth-order valence-corrected chi connectivity index (χ4v) is 2.25. The van der Waals surface area contributed by atoms with Crippen LogP contribution in [-0.2, 0) is 4.74 Å². The molecule has 0 aliphatic carbocycles.